The quantitative estimate of drug-likeness (QED) is 0.607. The van der Waals surface area contributed by atoms with Crippen molar-refractivity contribution in [1.29, 1.82) is 0 Å². The molecular weight excluding hydrogens is 342 g/mol. The van der Waals surface area contributed by atoms with E-state index in [9.17, 15) is 4.79 Å². The highest BCUT2D eigenvalue weighted by atomic mass is 16.5. The van der Waals surface area contributed by atoms with E-state index in [1.807, 2.05) is 31.2 Å². The molecule has 0 aliphatic carbocycles. The van der Waals surface area contributed by atoms with Gasteiger partial charge < -0.3 is 19.5 Å². The highest BCUT2D eigenvalue weighted by Gasteiger charge is 2.19. The van der Waals surface area contributed by atoms with E-state index in [0.29, 0.717) is 31.1 Å². The van der Waals surface area contributed by atoms with E-state index in [-0.39, 0.29) is 5.91 Å². The van der Waals surface area contributed by atoms with Gasteiger partial charge in [-0.3, -0.25) is 4.79 Å². The highest BCUT2D eigenvalue weighted by molar-refractivity contribution is 5.81. The maximum absolute atomic E-state index is 12.4. The highest BCUT2D eigenvalue weighted by Crippen LogP contribution is 2.27. The molecule has 0 unspecified atom stereocenters. The van der Waals surface area contributed by atoms with Crippen LogP contribution in [0.4, 0.5) is 0 Å². The third kappa shape index (κ3) is 6.51. The summed E-state index contributed by atoms with van der Waals surface area (Å²) in [5.41, 5.74) is 1.30. The molecule has 2 aromatic carbocycles. The number of rotatable bonds is 11. The SMILES string of the molecule is CCCc1ccc(OCCNC(=O)[C@@H](CC)Oc2ccccc2OC)cc1. The van der Waals surface area contributed by atoms with Gasteiger partial charge in [-0.1, -0.05) is 44.5 Å². The van der Waals surface area contributed by atoms with Crippen molar-refractivity contribution in [2.75, 3.05) is 20.3 Å². The molecule has 1 amide bonds. The van der Waals surface area contributed by atoms with Crippen molar-refractivity contribution < 1.29 is 19.0 Å². The molecule has 0 aliphatic rings. The Labute approximate surface area is 161 Å². The van der Waals surface area contributed by atoms with Crippen LogP contribution in [0, 0.1) is 0 Å². The van der Waals surface area contributed by atoms with Crippen LogP contribution < -0.4 is 19.5 Å². The largest absolute Gasteiger partial charge is 0.493 e. The Hall–Kier alpha value is -2.69. The lowest BCUT2D eigenvalue weighted by atomic mass is 10.1. The number of ether oxygens (including phenoxy) is 3. The first-order chi connectivity index (χ1) is 13.2. The predicted octanol–water partition coefficient (Wildman–Crippen LogP) is 4.00. The summed E-state index contributed by atoms with van der Waals surface area (Å²) in [6, 6.07) is 15.4. The maximum Gasteiger partial charge on any atom is 0.261 e. The molecule has 0 saturated heterocycles. The zero-order valence-electron chi connectivity index (χ0n) is 16.4. The van der Waals surface area contributed by atoms with Crippen LogP contribution in [0.5, 0.6) is 17.2 Å². The van der Waals surface area contributed by atoms with Crippen LogP contribution in [0.15, 0.2) is 48.5 Å². The van der Waals surface area contributed by atoms with Crippen LogP contribution in [0.3, 0.4) is 0 Å². The summed E-state index contributed by atoms with van der Waals surface area (Å²) < 4.78 is 16.8. The lowest BCUT2D eigenvalue weighted by Crippen LogP contribution is -2.39. The summed E-state index contributed by atoms with van der Waals surface area (Å²) in [7, 11) is 1.58. The van der Waals surface area contributed by atoms with Crippen molar-refractivity contribution >= 4 is 5.91 Å². The average Bonchev–Trinajstić information content (AvgIpc) is 2.71. The molecule has 0 bridgehead atoms. The van der Waals surface area contributed by atoms with E-state index >= 15 is 0 Å². The van der Waals surface area contributed by atoms with Gasteiger partial charge in [-0.25, -0.2) is 0 Å². The predicted molar refractivity (Wildman–Crippen MR) is 107 cm³/mol. The molecule has 0 aromatic heterocycles. The van der Waals surface area contributed by atoms with Gasteiger partial charge in [-0.15, -0.1) is 0 Å². The van der Waals surface area contributed by atoms with Crippen LogP contribution >= 0.6 is 0 Å². The van der Waals surface area contributed by atoms with Crippen LogP contribution in [-0.4, -0.2) is 32.3 Å². The Kier molecular flexibility index (Phi) is 8.49. The second kappa shape index (κ2) is 11.1. The lowest BCUT2D eigenvalue weighted by molar-refractivity contribution is -0.128. The monoisotopic (exact) mass is 371 g/mol. The van der Waals surface area contributed by atoms with Gasteiger partial charge >= 0.3 is 0 Å². The van der Waals surface area contributed by atoms with Gasteiger partial charge in [0.15, 0.2) is 17.6 Å². The first-order valence-electron chi connectivity index (χ1n) is 9.47. The minimum Gasteiger partial charge on any atom is -0.493 e. The van der Waals surface area contributed by atoms with E-state index < -0.39 is 6.10 Å². The molecule has 5 heteroatoms. The molecule has 1 N–H and O–H groups in total. The Morgan fingerprint density at radius 2 is 1.74 bits per heavy atom. The molecule has 146 valence electrons. The van der Waals surface area contributed by atoms with Crippen molar-refractivity contribution in [2.24, 2.45) is 0 Å². The van der Waals surface area contributed by atoms with Crippen LogP contribution in [0.2, 0.25) is 0 Å². The summed E-state index contributed by atoms with van der Waals surface area (Å²) >= 11 is 0. The van der Waals surface area contributed by atoms with E-state index in [0.717, 1.165) is 18.6 Å². The second-order valence-electron chi connectivity index (χ2n) is 6.20. The third-order valence-electron chi connectivity index (χ3n) is 4.13. The van der Waals surface area contributed by atoms with Crippen LogP contribution in [-0.2, 0) is 11.2 Å². The van der Waals surface area contributed by atoms with E-state index in [1.165, 1.54) is 5.56 Å². The van der Waals surface area contributed by atoms with Gasteiger partial charge in [0.25, 0.3) is 5.91 Å². The number of carbonyl (C=O) groups is 1. The lowest BCUT2D eigenvalue weighted by Gasteiger charge is -2.19. The minimum absolute atomic E-state index is 0.162. The van der Waals surface area contributed by atoms with Crippen molar-refractivity contribution in [3.63, 3.8) is 0 Å². The Morgan fingerprint density at radius 3 is 2.37 bits per heavy atom. The van der Waals surface area contributed by atoms with Gasteiger partial charge in [0.1, 0.15) is 12.4 Å². The molecule has 2 aromatic rings. The van der Waals surface area contributed by atoms with Gasteiger partial charge in [0, 0.05) is 0 Å². The molecule has 27 heavy (non-hydrogen) atoms. The topological polar surface area (TPSA) is 56.8 Å². The zero-order valence-corrected chi connectivity index (χ0v) is 16.4. The zero-order chi connectivity index (χ0) is 19.5. The number of aryl methyl sites for hydroxylation is 1. The number of nitrogens with one attached hydrogen (secondary N) is 1. The molecule has 2 rings (SSSR count). The number of carbonyl (C=O) groups excluding carboxylic acids is 1. The summed E-state index contributed by atoms with van der Waals surface area (Å²) in [5, 5.41) is 2.86. The number of methoxy groups -OCH3 is 1. The normalized spacial score (nSPS) is 11.5. The molecule has 0 saturated carbocycles. The fourth-order valence-electron chi connectivity index (χ4n) is 2.69. The minimum atomic E-state index is -0.574. The molecule has 0 heterocycles. The Morgan fingerprint density at radius 1 is 1.04 bits per heavy atom. The Balaban J connectivity index is 1.77. The fourth-order valence-corrected chi connectivity index (χ4v) is 2.69. The molecule has 1 atom stereocenters. The van der Waals surface area contributed by atoms with Crippen molar-refractivity contribution in [1.82, 2.24) is 5.32 Å². The third-order valence-corrected chi connectivity index (χ3v) is 4.13. The first kappa shape index (κ1) is 20.6. The van der Waals surface area contributed by atoms with Crippen LogP contribution in [0.1, 0.15) is 32.3 Å². The number of hydrogen-bond donors (Lipinski definition) is 1. The summed E-state index contributed by atoms with van der Waals surface area (Å²) in [4.78, 5) is 12.4. The van der Waals surface area contributed by atoms with E-state index in [1.54, 1.807) is 19.2 Å². The average molecular weight is 371 g/mol. The molecular formula is C22H29NO4. The summed E-state index contributed by atoms with van der Waals surface area (Å²) in [5.74, 6) is 1.82. The van der Waals surface area contributed by atoms with Crippen molar-refractivity contribution in [3.8, 4) is 17.2 Å². The maximum atomic E-state index is 12.4. The number of benzene rings is 2. The van der Waals surface area contributed by atoms with E-state index in [2.05, 4.69) is 24.4 Å². The molecule has 0 radical (unpaired) electrons. The summed E-state index contributed by atoms with van der Waals surface area (Å²) in [6.07, 6.45) is 2.18. The van der Waals surface area contributed by atoms with Gasteiger partial charge in [-0.2, -0.15) is 0 Å². The first-order valence-corrected chi connectivity index (χ1v) is 9.47. The second-order valence-corrected chi connectivity index (χ2v) is 6.20. The number of amides is 1. The standard InChI is InChI=1S/C22H29NO4/c1-4-8-17-11-13-18(14-12-17)26-16-15-23-22(24)19(5-2)27-21-10-7-6-9-20(21)25-3/h6-7,9-14,19H,4-5,8,15-16H2,1-3H3,(H,23,24)/t19-/m1/s1. The Bertz CT molecular complexity index is 700. The number of hydrogen-bond acceptors (Lipinski definition) is 4. The summed E-state index contributed by atoms with van der Waals surface area (Å²) in [6.45, 7) is 4.90. The molecule has 5 nitrogen and oxygen atoms in total. The molecule has 0 aliphatic heterocycles. The van der Waals surface area contributed by atoms with E-state index in [4.69, 9.17) is 14.2 Å². The van der Waals surface area contributed by atoms with Gasteiger partial charge in [0.05, 0.1) is 13.7 Å². The molecule has 0 spiro atoms. The molecule has 0 fully saturated rings. The van der Waals surface area contributed by atoms with Crippen molar-refractivity contribution in [2.45, 2.75) is 39.2 Å². The van der Waals surface area contributed by atoms with Gasteiger partial charge in [-0.05, 0) is 42.7 Å². The smallest absolute Gasteiger partial charge is 0.261 e. The van der Waals surface area contributed by atoms with Crippen molar-refractivity contribution in [3.05, 3.63) is 54.1 Å². The number of para-hydroxylation sites is 2. The van der Waals surface area contributed by atoms with Crippen LogP contribution in [0.25, 0.3) is 0 Å². The fraction of sp³-hybridized carbons (Fsp3) is 0.409. The van der Waals surface area contributed by atoms with Gasteiger partial charge in [0.2, 0.25) is 0 Å².